The number of aliphatic hydroxyl groups is 2. The molecule has 0 bridgehead atoms. The van der Waals surface area contributed by atoms with Gasteiger partial charge < -0.3 is 15.5 Å². The molecule has 1 rings (SSSR count). The maximum Gasteiger partial charge on any atom is 0.251 e. The molecule has 0 saturated heterocycles. The molecule has 0 heterocycles. The second-order valence-corrected chi connectivity index (χ2v) is 5.75. The van der Waals surface area contributed by atoms with Crippen LogP contribution in [0.5, 0.6) is 0 Å². The smallest absolute Gasteiger partial charge is 0.251 e. The average Bonchev–Trinajstić information content (AvgIpc) is 2.56. The molecule has 4 nitrogen and oxygen atoms in total. The summed E-state index contributed by atoms with van der Waals surface area (Å²) in [6.45, 7) is 1.93. The van der Waals surface area contributed by atoms with Crippen molar-refractivity contribution in [3.63, 3.8) is 0 Å². The van der Waals surface area contributed by atoms with Gasteiger partial charge in [0.05, 0.1) is 18.8 Å². The average molecular weight is 307 g/mol. The monoisotopic (exact) mass is 307 g/mol. The van der Waals surface area contributed by atoms with Crippen molar-refractivity contribution >= 4 is 5.91 Å². The standard InChI is InChI=1S/C18H29NO3/c1-2-3-4-5-6-10-13-17(21)16(14-20)19-18(22)15-11-8-7-9-12-15/h7-9,11-12,16-17,20-21H,2-6,10,13-14H2,1H3,(H,19,22)/t16-,17?/m0/s1. The zero-order valence-electron chi connectivity index (χ0n) is 13.5. The van der Waals surface area contributed by atoms with E-state index in [9.17, 15) is 15.0 Å². The van der Waals surface area contributed by atoms with Gasteiger partial charge in [0.25, 0.3) is 5.91 Å². The molecule has 0 aromatic heterocycles. The van der Waals surface area contributed by atoms with Crippen molar-refractivity contribution < 1.29 is 15.0 Å². The Kier molecular flexibility index (Phi) is 9.51. The molecule has 3 N–H and O–H groups in total. The van der Waals surface area contributed by atoms with Crippen LogP contribution in [0, 0.1) is 0 Å². The number of hydrogen-bond acceptors (Lipinski definition) is 3. The van der Waals surface area contributed by atoms with Gasteiger partial charge in [0.15, 0.2) is 0 Å². The summed E-state index contributed by atoms with van der Waals surface area (Å²) in [6.07, 6.45) is 6.80. The van der Waals surface area contributed by atoms with Crippen molar-refractivity contribution in [2.75, 3.05) is 6.61 Å². The molecular weight excluding hydrogens is 278 g/mol. The fraction of sp³-hybridized carbons (Fsp3) is 0.611. The largest absolute Gasteiger partial charge is 0.394 e. The molecule has 0 fully saturated rings. The number of aliphatic hydroxyl groups excluding tert-OH is 2. The number of hydrogen-bond donors (Lipinski definition) is 3. The molecule has 0 aliphatic carbocycles. The first-order valence-corrected chi connectivity index (χ1v) is 8.33. The number of rotatable bonds is 11. The molecule has 1 aromatic rings. The first kappa shape index (κ1) is 18.7. The molecule has 0 aliphatic heterocycles. The first-order chi connectivity index (χ1) is 10.7. The van der Waals surface area contributed by atoms with Crippen molar-refractivity contribution in [2.45, 2.75) is 64.0 Å². The highest BCUT2D eigenvalue weighted by atomic mass is 16.3. The molecule has 0 aliphatic rings. The minimum absolute atomic E-state index is 0.254. The molecule has 0 saturated carbocycles. The summed E-state index contributed by atoms with van der Waals surface area (Å²) in [5, 5.41) is 22.2. The van der Waals surface area contributed by atoms with Crippen LogP contribution >= 0.6 is 0 Å². The number of amides is 1. The van der Waals surface area contributed by atoms with Crippen molar-refractivity contribution in [3.05, 3.63) is 35.9 Å². The number of carbonyl (C=O) groups is 1. The van der Waals surface area contributed by atoms with E-state index in [-0.39, 0.29) is 12.5 Å². The Morgan fingerprint density at radius 2 is 1.73 bits per heavy atom. The predicted octanol–water partition coefficient (Wildman–Crippen LogP) is 2.89. The zero-order valence-corrected chi connectivity index (χ0v) is 13.5. The number of carbonyl (C=O) groups excluding carboxylic acids is 1. The second-order valence-electron chi connectivity index (χ2n) is 5.75. The third-order valence-corrected chi connectivity index (χ3v) is 3.87. The van der Waals surface area contributed by atoms with Crippen molar-refractivity contribution in [3.8, 4) is 0 Å². The third kappa shape index (κ3) is 7.05. The summed E-state index contributed by atoms with van der Waals surface area (Å²) in [7, 11) is 0. The zero-order chi connectivity index (χ0) is 16.2. The van der Waals surface area contributed by atoms with Crippen LogP contribution in [0.3, 0.4) is 0 Å². The molecule has 22 heavy (non-hydrogen) atoms. The third-order valence-electron chi connectivity index (χ3n) is 3.87. The minimum atomic E-state index is -0.705. The first-order valence-electron chi connectivity index (χ1n) is 8.33. The Morgan fingerprint density at radius 3 is 2.36 bits per heavy atom. The van der Waals surface area contributed by atoms with Gasteiger partial charge in [0, 0.05) is 5.56 Å². The molecule has 1 aromatic carbocycles. The van der Waals surface area contributed by atoms with Crippen LogP contribution in [0.2, 0.25) is 0 Å². The van der Waals surface area contributed by atoms with Crippen molar-refractivity contribution in [2.24, 2.45) is 0 Å². The fourth-order valence-electron chi connectivity index (χ4n) is 2.44. The van der Waals surface area contributed by atoms with Gasteiger partial charge in [-0.1, -0.05) is 63.6 Å². The second kappa shape index (κ2) is 11.2. The van der Waals surface area contributed by atoms with E-state index < -0.39 is 12.1 Å². The van der Waals surface area contributed by atoms with E-state index in [0.717, 1.165) is 12.8 Å². The van der Waals surface area contributed by atoms with Gasteiger partial charge in [-0.3, -0.25) is 4.79 Å². The van der Waals surface area contributed by atoms with E-state index in [0.29, 0.717) is 12.0 Å². The number of nitrogens with one attached hydrogen (secondary N) is 1. The van der Waals surface area contributed by atoms with Crippen LogP contribution in [0.25, 0.3) is 0 Å². The van der Waals surface area contributed by atoms with E-state index in [4.69, 9.17) is 0 Å². The quantitative estimate of drug-likeness (QED) is 0.551. The normalized spacial score (nSPS) is 13.6. The van der Waals surface area contributed by atoms with Gasteiger partial charge in [-0.25, -0.2) is 0 Å². The van der Waals surface area contributed by atoms with Gasteiger partial charge in [0.2, 0.25) is 0 Å². The van der Waals surface area contributed by atoms with Gasteiger partial charge in [0.1, 0.15) is 0 Å². The molecular formula is C18H29NO3. The molecule has 4 heteroatoms. The van der Waals surface area contributed by atoms with Gasteiger partial charge >= 0.3 is 0 Å². The topological polar surface area (TPSA) is 69.6 Å². The maximum atomic E-state index is 12.0. The predicted molar refractivity (Wildman–Crippen MR) is 88.8 cm³/mol. The lowest BCUT2D eigenvalue weighted by Gasteiger charge is -2.22. The highest BCUT2D eigenvalue weighted by molar-refractivity contribution is 5.94. The molecule has 1 unspecified atom stereocenters. The van der Waals surface area contributed by atoms with Crippen LogP contribution < -0.4 is 5.32 Å². The van der Waals surface area contributed by atoms with E-state index in [2.05, 4.69) is 12.2 Å². The Balaban J connectivity index is 2.32. The summed E-state index contributed by atoms with van der Waals surface area (Å²) in [5.41, 5.74) is 0.535. The van der Waals surface area contributed by atoms with Gasteiger partial charge in [-0.15, -0.1) is 0 Å². The van der Waals surface area contributed by atoms with Crippen LogP contribution in [-0.2, 0) is 0 Å². The van der Waals surface area contributed by atoms with Crippen LogP contribution in [-0.4, -0.2) is 34.9 Å². The van der Waals surface area contributed by atoms with Crippen LogP contribution in [0.15, 0.2) is 30.3 Å². The lowest BCUT2D eigenvalue weighted by atomic mass is 10.0. The Morgan fingerprint density at radius 1 is 1.09 bits per heavy atom. The fourth-order valence-corrected chi connectivity index (χ4v) is 2.44. The molecule has 1 amide bonds. The highest BCUT2D eigenvalue weighted by Crippen LogP contribution is 2.11. The Labute approximate surface area is 133 Å². The summed E-state index contributed by atoms with van der Waals surface area (Å²) < 4.78 is 0. The van der Waals surface area contributed by atoms with Crippen molar-refractivity contribution in [1.82, 2.24) is 5.32 Å². The summed E-state index contributed by atoms with van der Waals surface area (Å²) in [6, 6.07) is 8.23. The van der Waals surface area contributed by atoms with Crippen molar-refractivity contribution in [1.29, 1.82) is 0 Å². The maximum absolute atomic E-state index is 12.0. The molecule has 0 radical (unpaired) electrons. The van der Waals surface area contributed by atoms with Crippen LogP contribution in [0.1, 0.15) is 62.2 Å². The van der Waals surface area contributed by atoms with E-state index >= 15 is 0 Å². The molecule has 124 valence electrons. The van der Waals surface area contributed by atoms with E-state index in [1.165, 1.54) is 25.7 Å². The lowest BCUT2D eigenvalue weighted by molar-refractivity contribution is 0.0661. The van der Waals surface area contributed by atoms with Gasteiger partial charge in [-0.05, 0) is 18.6 Å². The summed E-state index contributed by atoms with van der Waals surface area (Å²) >= 11 is 0. The SMILES string of the molecule is CCCCCCCCC(O)[C@H](CO)NC(=O)c1ccccc1. The van der Waals surface area contributed by atoms with Crippen LogP contribution in [0.4, 0.5) is 0 Å². The molecule has 0 spiro atoms. The minimum Gasteiger partial charge on any atom is -0.394 e. The number of unbranched alkanes of at least 4 members (excludes halogenated alkanes) is 5. The highest BCUT2D eigenvalue weighted by Gasteiger charge is 2.20. The summed E-state index contributed by atoms with van der Waals surface area (Å²) in [5.74, 6) is -0.262. The molecule has 2 atom stereocenters. The Bertz CT molecular complexity index is 408. The Hall–Kier alpha value is -1.39. The van der Waals surface area contributed by atoms with E-state index in [1.54, 1.807) is 24.3 Å². The summed E-state index contributed by atoms with van der Waals surface area (Å²) in [4.78, 5) is 12.0. The lowest BCUT2D eigenvalue weighted by Crippen LogP contribution is -2.45. The number of benzene rings is 1. The van der Waals surface area contributed by atoms with E-state index in [1.807, 2.05) is 6.07 Å². The van der Waals surface area contributed by atoms with Gasteiger partial charge in [-0.2, -0.15) is 0 Å².